The van der Waals surface area contributed by atoms with E-state index in [1.807, 2.05) is 38.1 Å². The van der Waals surface area contributed by atoms with Crippen molar-refractivity contribution in [2.45, 2.75) is 26.7 Å². The summed E-state index contributed by atoms with van der Waals surface area (Å²) in [5, 5.41) is 0. The van der Waals surface area contributed by atoms with Crippen molar-refractivity contribution >= 4 is 17.6 Å². The maximum atomic E-state index is 12.8. The first kappa shape index (κ1) is 16.7. The lowest BCUT2D eigenvalue weighted by molar-refractivity contribution is -0.150. The van der Waals surface area contributed by atoms with Crippen molar-refractivity contribution in [3.8, 4) is 0 Å². The lowest BCUT2D eigenvalue weighted by Crippen LogP contribution is -2.39. The minimum absolute atomic E-state index is 0.0369. The normalized spacial score (nSPS) is 24.0. The first-order valence-electron chi connectivity index (χ1n) is 8.22. The molecule has 5 nitrogen and oxygen atoms in total. The van der Waals surface area contributed by atoms with Crippen LogP contribution in [-0.2, 0) is 19.1 Å². The number of ether oxygens (including phenoxy) is 2. The molecule has 128 valence electrons. The number of aryl methyl sites for hydroxylation is 2. The minimum atomic E-state index is -0.898. The van der Waals surface area contributed by atoms with Crippen LogP contribution in [0.15, 0.2) is 29.8 Å². The summed E-state index contributed by atoms with van der Waals surface area (Å²) < 4.78 is 10.5. The Hall–Kier alpha value is -2.14. The van der Waals surface area contributed by atoms with Crippen molar-refractivity contribution in [3.63, 3.8) is 0 Å². The second-order valence-electron chi connectivity index (χ2n) is 6.53. The highest BCUT2D eigenvalue weighted by Gasteiger charge is 2.53. The second-order valence-corrected chi connectivity index (χ2v) is 6.53. The van der Waals surface area contributed by atoms with Crippen molar-refractivity contribution in [1.29, 1.82) is 0 Å². The van der Waals surface area contributed by atoms with E-state index in [-0.39, 0.29) is 18.3 Å². The molecule has 0 radical (unpaired) electrons. The van der Waals surface area contributed by atoms with Crippen molar-refractivity contribution in [2.24, 2.45) is 5.41 Å². The molecule has 3 rings (SSSR count). The van der Waals surface area contributed by atoms with Gasteiger partial charge in [0.05, 0.1) is 20.3 Å². The van der Waals surface area contributed by atoms with Crippen molar-refractivity contribution < 1.29 is 19.1 Å². The molecule has 1 aromatic carbocycles. The number of carbonyl (C=O) groups is 2. The Kier molecular flexibility index (Phi) is 4.45. The van der Waals surface area contributed by atoms with Crippen LogP contribution in [0.1, 0.15) is 24.0 Å². The van der Waals surface area contributed by atoms with E-state index in [4.69, 9.17) is 9.47 Å². The van der Waals surface area contributed by atoms with Gasteiger partial charge in [0, 0.05) is 18.7 Å². The van der Waals surface area contributed by atoms with Crippen molar-refractivity contribution in [1.82, 2.24) is 0 Å². The van der Waals surface area contributed by atoms with Gasteiger partial charge in [0.2, 0.25) is 5.91 Å². The average molecular weight is 329 g/mol. The number of nitrogens with zero attached hydrogens (tertiary/aromatic N) is 1. The molecular weight excluding hydrogens is 306 g/mol. The molecule has 1 fully saturated rings. The number of amides is 1. The number of carbonyl (C=O) groups excluding carboxylic acids is 2. The van der Waals surface area contributed by atoms with E-state index in [1.165, 1.54) is 7.11 Å². The van der Waals surface area contributed by atoms with Gasteiger partial charge < -0.3 is 14.4 Å². The van der Waals surface area contributed by atoms with E-state index in [9.17, 15) is 9.59 Å². The molecule has 1 saturated heterocycles. The topological polar surface area (TPSA) is 55.8 Å². The van der Waals surface area contributed by atoms with E-state index in [1.54, 1.807) is 4.90 Å². The molecule has 2 aliphatic rings. The lowest BCUT2D eigenvalue weighted by atomic mass is 9.77. The third-order valence-electron chi connectivity index (χ3n) is 5.05. The quantitative estimate of drug-likeness (QED) is 0.632. The van der Waals surface area contributed by atoms with Gasteiger partial charge in [-0.2, -0.15) is 0 Å². The fraction of sp³-hybridized carbons (Fsp3) is 0.474. The molecule has 0 aliphatic carbocycles. The molecule has 2 aliphatic heterocycles. The molecule has 0 bridgehead atoms. The van der Waals surface area contributed by atoms with Gasteiger partial charge in [-0.25, -0.2) is 0 Å². The Labute approximate surface area is 142 Å². The van der Waals surface area contributed by atoms with E-state index < -0.39 is 5.41 Å². The molecule has 1 unspecified atom stereocenters. The summed E-state index contributed by atoms with van der Waals surface area (Å²) in [6.07, 6.45) is 2.74. The average Bonchev–Trinajstić information content (AvgIpc) is 2.93. The first-order chi connectivity index (χ1) is 11.5. The lowest BCUT2D eigenvalue weighted by Gasteiger charge is -2.31. The monoisotopic (exact) mass is 329 g/mol. The third-order valence-corrected chi connectivity index (χ3v) is 5.05. The molecule has 0 aromatic heterocycles. The molecule has 0 spiro atoms. The molecule has 1 amide bonds. The molecule has 1 aromatic rings. The maximum Gasteiger partial charge on any atom is 0.318 e. The highest BCUT2D eigenvalue weighted by atomic mass is 16.5. The fourth-order valence-electron chi connectivity index (χ4n) is 3.84. The van der Waals surface area contributed by atoms with Crippen LogP contribution in [0, 0.1) is 19.3 Å². The van der Waals surface area contributed by atoms with Gasteiger partial charge in [0.1, 0.15) is 5.41 Å². The van der Waals surface area contributed by atoms with Crippen LogP contribution in [0.2, 0.25) is 0 Å². The zero-order chi connectivity index (χ0) is 17.3. The number of para-hydroxylation sites is 1. The Balaban J connectivity index is 2.04. The maximum absolute atomic E-state index is 12.8. The van der Waals surface area contributed by atoms with Gasteiger partial charge >= 0.3 is 5.97 Å². The van der Waals surface area contributed by atoms with Gasteiger partial charge in [-0.1, -0.05) is 29.8 Å². The number of benzene rings is 1. The smallest absolute Gasteiger partial charge is 0.318 e. The van der Waals surface area contributed by atoms with Crippen LogP contribution in [0.4, 0.5) is 5.69 Å². The van der Waals surface area contributed by atoms with Crippen LogP contribution in [-0.4, -0.2) is 38.7 Å². The van der Waals surface area contributed by atoms with Gasteiger partial charge in [0.25, 0.3) is 0 Å². The molecule has 0 N–H and O–H groups in total. The standard InChI is InChI=1S/C19H23NO4/c1-13-5-4-6-14(2)17(13)20-12-19(11-16(20)21,18(22)23-3)15-7-9-24-10-8-15/h4-7H,8-12H2,1-3H3. The Morgan fingerprint density at radius 3 is 2.58 bits per heavy atom. The van der Waals surface area contributed by atoms with Crippen LogP contribution in [0.3, 0.4) is 0 Å². The third kappa shape index (κ3) is 2.63. The van der Waals surface area contributed by atoms with Crippen molar-refractivity contribution in [3.05, 3.63) is 41.0 Å². The van der Waals surface area contributed by atoms with Gasteiger partial charge in [-0.3, -0.25) is 9.59 Å². The van der Waals surface area contributed by atoms with Gasteiger partial charge in [0.15, 0.2) is 0 Å². The summed E-state index contributed by atoms with van der Waals surface area (Å²) in [5.74, 6) is -0.372. The summed E-state index contributed by atoms with van der Waals surface area (Å²) in [5.41, 5.74) is 3.03. The second kappa shape index (κ2) is 6.40. The molecule has 5 heteroatoms. The number of rotatable bonds is 3. The Bertz CT molecular complexity index is 689. The van der Waals surface area contributed by atoms with Gasteiger partial charge in [-0.05, 0) is 31.4 Å². The van der Waals surface area contributed by atoms with Crippen LogP contribution < -0.4 is 4.90 Å². The Morgan fingerprint density at radius 1 is 1.29 bits per heavy atom. The highest BCUT2D eigenvalue weighted by molar-refractivity contribution is 6.03. The van der Waals surface area contributed by atoms with Gasteiger partial charge in [-0.15, -0.1) is 0 Å². The highest BCUT2D eigenvalue weighted by Crippen LogP contribution is 2.44. The van der Waals surface area contributed by atoms with Crippen LogP contribution in [0.5, 0.6) is 0 Å². The van der Waals surface area contributed by atoms with E-state index in [0.29, 0.717) is 26.2 Å². The summed E-state index contributed by atoms with van der Waals surface area (Å²) in [6.45, 7) is 5.35. The summed E-state index contributed by atoms with van der Waals surface area (Å²) in [7, 11) is 1.39. The summed E-state index contributed by atoms with van der Waals surface area (Å²) in [6, 6.07) is 5.95. The fourth-order valence-corrected chi connectivity index (χ4v) is 3.84. The zero-order valence-corrected chi connectivity index (χ0v) is 14.4. The number of hydrogen-bond acceptors (Lipinski definition) is 4. The first-order valence-corrected chi connectivity index (χ1v) is 8.22. The van der Waals surface area contributed by atoms with E-state index in [0.717, 1.165) is 22.4 Å². The number of esters is 1. The van der Waals surface area contributed by atoms with E-state index in [2.05, 4.69) is 0 Å². The minimum Gasteiger partial charge on any atom is -0.468 e. The predicted molar refractivity (Wildman–Crippen MR) is 90.9 cm³/mol. The molecular formula is C19H23NO4. The Morgan fingerprint density at radius 2 is 2.00 bits per heavy atom. The molecule has 24 heavy (non-hydrogen) atoms. The summed E-state index contributed by atoms with van der Waals surface area (Å²) in [4.78, 5) is 27.2. The largest absolute Gasteiger partial charge is 0.468 e. The van der Waals surface area contributed by atoms with Crippen LogP contribution in [0.25, 0.3) is 0 Å². The number of anilines is 1. The number of methoxy groups -OCH3 is 1. The van der Waals surface area contributed by atoms with Crippen LogP contribution >= 0.6 is 0 Å². The van der Waals surface area contributed by atoms with E-state index >= 15 is 0 Å². The molecule has 2 heterocycles. The predicted octanol–water partition coefficient (Wildman–Crippen LogP) is 2.55. The summed E-state index contributed by atoms with van der Waals surface area (Å²) >= 11 is 0. The SMILES string of the molecule is COC(=O)C1(C2=CCOCC2)CC(=O)N(c2c(C)cccc2C)C1. The number of hydrogen-bond donors (Lipinski definition) is 0. The molecule has 1 atom stereocenters. The molecule has 0 saturated carbocycles. The zero-order valence-electron chi connectivity index (χ0n) is 14.4. The van der Waals surface area contributed by atoms with Crippen molar-refractivity contribution in [2.75, 3.05) is 31.8 Å².